The number of benzene rings is 3. The Balaban J connectivity index is 2.84. The molecule has 0 N–H and O–H groups in total. The number of rotatable bonds is 9. The van der Waals surface area contributed by atoms with E-state index in [0.717, 1.165) is 6.92 Å². The number of ether oxygens (including phenoxy) is 1. The van der Waals surface area contributed by atoms with E-state index in [1.165, 1.54) is 0 Å². The number of nitrogens with zero attached hydrogens (tertiary/aromatic N) is 2. The first-order chi connectivity index (χ1) is 24.9. The van der Waals surface area contributed by atoms with E-state index >= 15 is 26.3 Å². The van der Waals surface area contributed by atoms with Gasteiger partial charge in [-0.2, -0.15) is 0 Å². The summed E-state index contributed by atoms with van der Waals surface area (Å²) in [5, 5.41) is 1.69. The van der Waals surface area contributed by atoms with Crippen molar-refractivity contribution in [3.05, 3.63) is 99.4 Å². The first-order valence-electron chi connectivity index (χ1n) is 16.0. The van der Waals surface area contributed by atoms with Gasteiger partial charge < -0.3 is 9.39 Å². The van der Waals surface area contributed by atoms with Crippen molar-refractivity contribution >= 4 is 30.2 Å². The molecule has 0 aliphatic rings. The van der Waals surface area contributed by atoms with E-state index in [2.05, 4.69) is 10.00 Å². The van der Waals surface area contributed by atoms with Gasteiger partial charge in [0, 0.05) is 0 Å². The third-order valence-corrected chi connectivity index (χ3v) is 15.0. The van der Waals surface area contributed by atoms with Crippen LogP contribution < -0.4 is 16.4 Å². The van der Waals surface area contributed by atoms with Crippen molar-refractivity contribution in [2.75, 3.05) is 6.61 Å². The summed E-state index contributed by atoms with van der Waals surface area (Å²) in [5.41, 5.74) is -8.86. The number of hydrogen-bond donors (Lipinski definition) is 0. The summed E-state index contributed by atoms with van der Waals surface area (Å²) in [7, 11) is -2.93. The second-order valence-electron chi connectivity index (χ2n) is 15.1. The number of halogens is 15. The van der Waals surface area contributed by atoms with Crippen LogP contribution in [0.4, 0.5) is 65.9 Å². The van der Waals surface area contributed by atoms with Crippen LogP contribution in [0.3, 0.4) is 0 Å². The van der Waals surface area contributed by atoms with Crippen LogP contribution in [0.25, 0.3) is 0 Å². The predicted octanol–water partition coefficient (Wildman–Crippen LogP) is 10.4. The average Bonchev–Trinajstić information content (AvgIpc) is 3.06. The Morgan fingerprint density at radius 2 is 0.709 bits per heavy atom. The topological polar surface area (TPSA) is 43.2 Å². The molecule has 0 amide bonds. The summed E-state index contributed by atoms with van der Waals surface area (Å²) in [5.74, 6) is -49.1. The third-order valence-electron chi connectivity index (χ3n) is 8.79. The molecular weight excluding hydrogens is 795 g/mol. The fraction of sp³-hybridized carbons (Fsp3) is 0.412. The van der Waals surface area contributed by atoms with Gasteiger partial charge in [0.2, 0.25) is 0 Å². The summed E-state index contributed by atoms with van der Waals surface area (Å²) < 4.78 is 238. The Bertz CT molecular complexity index is 1800. The molecule has 0 unspecified atom stereocenters. The van der Waals surface area contributed by atoms with E-state index in [1.807, 2.05) is 0 Å². The molecule has 0 atom stereocenters. The number of hydrogen-bond acceptors (Lipinski definition) is 4. The Hall–Kier alpha value is -3.96. The van der Waals surface area contributed by atoms with Crippen molar-refractivity contribution in [1.29, 1.82) is 0 Å². The van der Waals surface area contributed by atoms with E-state index in [0.29, 0.717) is 0 Å². The highest BCUT2D eigenvalue weighted by Crippen LogP contribution is 2.84. The molecule has 3 aromatic rings. The molecule has 0 bridgehead atoms. The van der Waals surface area contributed by atoms with Crippen LogP contribution in [0.5, 0.6) is 0 Å². The minimum absolute atomic E-state index is 0.280. The molecule has 0 aromatic heterocycles. The smallest absolute Gasteiger partial charge is 0.268 e. The molecular formula is C34H33BF15N2O2P. The lowest BCUT2D eigenvalue weighted by Gasteiger charge is -2.48. The van der Waals surface area contributed by atoms with E-state index < -0.39 is 145 Å². The van der Waals surface area contributed by atoms with E-state index in [1.54, 1.807) is 62.3 Å². The maximum absolute atomic E-state index is 15.9. The van der Waals surface area contributed by atoms with Crippen LogP contribution in [0.1, 0.15) is 69.2 Å². The van der Waals surface area contributed by atoms with Gasteiger partial charge in [-0.15, -0.1) is 5.11 Å². The molecule has 0 aliphatic carbocycles. The Morgan fingerprint density at radius 3 is 0.927 bits per heavy atom. The summed E-state index contributed by atoms with van der Waals surface area (Å²) in [4.78, 5) is 4.52. The molecule has 0 saturated carbocycles. The highest BCUT2D eigenvalue weighted by Gasteiger charge is 2.67. The van der Waals surface area contributed by atoms with Crippen LogP contribution in [0, 0.1) is 87.3 Å². The minimum Gasteiger partial charge on any atom is -0.674 e. The summed E-state index contributed by atoms with van der Waals surface area (Å²) in [6, 6.07) is 0. The van der Waals surface area contributed by atoms with Gasteiger partial charge in [-0.25, -0.2) is 65.9 Å². The molecule has 0 aliphatic heterocycles. The molecule has 3 rings (SSSR count). The zero-order valence-corrected chi connectivity index (χ0v) is 31.6. The molecule has 21 heteroatoms. The van der Waals surface area contributed by atoms with Gasteiger partial charge in [0.05, 0.1) is 22.1 Å². The van der Waals surface area contributed by atoms with E-state index in [-0.39, 0.29) is 6.20 Å². The van der Waals surface area contributed by atoms with E-state index in [9.17, 15) is 39.5 Å². The average molecular weight is 828 g/mol. The molecule has 55 heavy (non-hydrogen) atoms. The summed E-state index contributed by atoms with van der Waals surface area (Å²) in [6.45, 7) is 16.4. The molecule has 4 nitrogen and oxygen atoms in total. The second kappa shape index (κ2) is 15.2. The zero-order valence-electron chi connectivity index (χ0n) is 30.7. The fourth-order valence-corrected chi connectivity index (χ4v) is 14.6. The van der Waals surface area contributed by atoms with Crippen molar-refractivity contribution < 1.29 is 75.2 Å². The fourth-order valence-electron chi connectivity index (χ4n) is 7.54. The van der Waals surface area contributed by atoms with Gasteiger partial charge in [0.25, 0.3) is 12.3 Å². The lowest BCUT2D eigenvalue weighted by atomic mass is 9.27. The predicted molar refractivity (Wildman–Crippen MR) is 175 cm³/mol. The van der Waals surface area contributed by atoms with Crippen LogP contribution >= 0.6 is 7.41 Å². The largest absolute Gasteiger partial charge is 0.674 e. The highest BCUT2D eigenvalue weighted by atomic mass is 31.2. The SMILES string of the molecule is CCO/C(=C\N=N[P+](C(C)(C)C)(C(C)(C)C)C(C)(C)C)O[B-](c1c(F)c(F)c(F)c(F)c1F)(c1c(F)c(F)c(F)c(F)c1F)c1c(F)c(F)c(F)c(F)c1F. The van der Waals surface area contributed by atoms with Crippen molar-refractivity contribution in [3.63, 3.8) is 0 Å². The first-order valence-corrected chi connectivity index (χ1v) is 17.7. The second-order valence-corrected chi connectivity index (χ2v) is 20.6. The van der Waals surface area contributed by atoms with Gasteiger partial charge in [0.1, 0.15) is 41.1 Å². The highest BCUT2D eigenvalue weighted by molar-refractivity contribution is 7.78. The van der Waals surface area contributed by atoms with Crippen LogP contribution in [0.2, 0.25) is 0 Å². The van der Waals surface area contributed by atoms with Crippen molar-refractivity contribution in [3.8, 4) is 0 Å². The molecule has 0 fully saturated rings. The molecule has 3 aromatic carbocycles. The van der Waals surface area contributed by atoms with Crippen LogP contribution in [0.15, 0.2) is 22.1 Å². The quantitative estimate of drug-likeness (QED) is 0.0410. The van der Waals surface area contributed by atoms with Gasteiger partial charge in [-0.3, -0.25) is 0 Å². The molecule has 0 heterocycles. The molecule has 0 saturated heterocycles. The zero-order chi connectivity index (χ0) is 42.7. The normalized spacial score (nSPS) is 13.7. The van der Waals surface area contributed by atoms with Crippen molar-refractivity contribution in [2.45, 2.75) is 84.7 Å². The maximum Gasteiger partial charge on any atom is 0.268 e. The van der Waals surface area contributed by atoms with Crippen LogP contribution in [-0.2, 0) is 9.39 Å². The van der Waals surface area contributed by atoms with E-state index in [4.69, 9.17) is 9.39 Å². The lowest BCUT2D eigenvalue weighted by molar-refractivity contribution is 0.113. The summed E-state index contributed by atoms with van der Waals surface area (Å²) in [6.07, 6.45) is -6.10. The standard InChI is InChI=1S/C34H33BF15N2O2P/c1-11-53-13(12-51-52-55(32(2,3)4,33(5,6)7)34(8,9)10)54-35(14-17(36)23(42)29(48)24(43)18(14)37,15-19(38)25(44)30(49)26(45)20(15)39)16-21(40)27(46)31(50)28(47)22(16)41/h12H,11H2,1-10H3/b13-12+,52-51?. The Labute approximate surface area is 306 Å². The Kier molecular flexibility index (Phi) is 12.5. The molecule has 304 valence electrons. The lowest BCUT2D eigenvalue weighted by Crippen LogP contribution is -2.75. The third kappa shape index (κ3) is 7.05. The van der Waals surface area contributed by atoms with Crippen LogP contribution in [-0.4, -0.2) is 28.4 Å². The summed E-state index contributed by atoms with van der Waals surface area (Å²) >= 11 is 0. The van der Waals surface area contributed by atoms with Crippen molar-refractivity contribution in [2.24, 2.45) is 10.00 Å². The van der Waals surface area contributed by atoms with Gasteiger partial charge in [-0.05, 0) is 74.1 Å². The Morgan fingerprint density at radius 1 is 0.473 bits per heavy atom. The minimum atomic E-state index is -6.38. The molecule has 0 radical (unpaired) electrons. The monoisotopic (exact) mass is 828 g/mol. The van der Waals surface area contributed by atoms with Gasteiger partial charge >= 0.3 is 0 Å². The first kappa shape index (κ1) is 45.4. The van der Waals surface area contributed by atoms with Crippen molar-refractivity contribution in [1.82, 2.24) is 0 Å². The van der Waals surface area contributed by atoms with Gasteiger partial charge in [-0.1, -0.05) is 16.4 Å². The van der Waals surface area contributed by atoms with Gasteiger partial charge in [0.15, 0.2) is 59.8 Å². The maximum atomic E-state index is 15.9. The molecule has 0 spiro atoms.